The molecule has 1 amide bonds. The molecule has 0 bridgehead atoms. The third-order valence-electron chi connectivity index (χ3n) is 3.81. The quantitative estimate of drug-likeness (QED) is 0.832. The van der Waals surface area contributed by atoms with Crippen LogP contribution in [0, 0.1) is 0 Å². The van der Waals surface area contributed by atoms with E-state index in [2.05, 4.69) is 5.32 Å². The van der Waals surface area contributed by atoms with E-state index in [1.165, 1.54) is 10.4 Å². The second-order valence-electron chi connectivity index (χ2n) is 5.73. The molecule has 1 aromatic carbocycles. The molecular weight excluding hydrogens is 280 g/mol. The highest BCUT2D eigenvalue weighted by Crippen LogP contribution is 2.35. The number of amides is 1. The summed E-state index contributed by atoms with van der Waals surface area (Å²) >= 11 is 0. The number of hydrogen-bond acceptors (Lipinski definition) is 4. The molecule has 0 aromatic heterocycles. The molecule has 2 N–H and O–H groups in total. The van der Waals surface area contributed by atoms with E-state index in [1.54, 1.807) is 26.0 Å². The smallest absolute Gasteiger partial charge is 0.243 e. The molecule has 0 aliphatic carbocycles. The SMILES string of the molecule is CC1C(=O)Nc2ccc(S(=O)(=O)N3CC(C)(O)C3)cc21. The van der Waals surface area contributed by atoms with Gasteiger partial charge in [-0.25, -0.2) is 8.42 Å². The minimum atomic E-state index is -3.60. The van der Waals surface area contributed by atoms with Gasteiger partial charge in [-0.2, -0.15) is 4.31 Å². The van der Waals surface area contributed by atoms with Gasteiger partial charge in [0.15, 0.2) is 0 Å². The number of β-amino-alcohol motifs (C(OH)–C–C–N with tert-alkyl or cyclic N) is 1. The average molecular weight is 296 g/mol. The van der Waals surface area contributed by atoms with Gasteiger partial charge in [-0.05, 0) is 37.6 Å². The van der Waals surface area contributed by atoms with Crippen LogP contribution in [0.25, 0.3) is 0 Å². The number of rotatable bonds is 2. The molecule has 1 atom stereocenters. The number of nitrogens with one attached hydrogen (secondary N) is 1. The summed E-state index contributed by atoms with van der Waals surface area (Å²) in [6.45, 7) is 3.54. The Balaban J connectivity index is 1.95. The number of sulfonamides is 1. The molecule has 0 spiro atoms. The molecule has 20 heavy (non-hydrogen) atoms. The molecule has 6 nitrogen and oxygen atoms in total. The molecule has 7 heteroatoms. The van der Waals surface area contributed by atoms with Crippen molar-refractivity contribution in [1.29, 1.82) is 0 Å². The lowest BCUT2D eigenvalue weighted by atomic mass is 10.0. The number of aliphatic hydroxyl groups is 1. The number of benzene rings is 1. The first-order valence-electron chi connectivity index (χ1n) is 6.38. The Bertz CT molecular complexity index is 688. The number of nitrogens with zero attached hydrogens (tertiary/aromatic N) is 1. The zero-order valence-corrected chi connectivity index (χ0v) is 12.1. The van der Waals surface area contributed by atoms with Crippen molar-refractivity contribution in [2.75, 3.05) is 18.4 Å². The first kappa shape index (κ1) is 13.5. The summed E-state index contributed by atoms with van der Waals surface area (Å²) in [5.41, 5.74) is 0.412. The van der Waals surface area contributed by atoms with Crippen LogP contribution in [0.3, 0.4) is 0 Å². The molecule has 108 valence electrons. The summed E-state index contributed by atoms with van der Waals surface area (Å²) in [5.74, 6) is -0.471. The van der Waals surface area contributed by atoms with Crippen molar-refractivity contribution in [1.82, 2.24) is 4.31 Å². The monoisotopic (exact) mass is 296 g/mol. The molecule has 1 aromatic rings. The van der Waals surface area contributed by atoms with Gasteiger partial charge in [0.2, 0.25) is 15.9 Å². The molecule has 1 fully saturated rings. The Hall–Kier alpha value is -1.44. The van der Waals surface area contributed by atoms with Crippen LogP contribution in [0.15, 0.2) is 23.1 Å². The Morgan fingerprint density at radius 3 is 2.65 bits per heavy atom. The maximum atomic E-state index is 12.4. The Kier molecular flexibility index (Phi) is 2.73. The van der Waals surface area contributed by atoms with Gasteiger partial charge in [0, 0.05) is 18.8 Å². The first-order valence-corrected chi connectivity index (χ1v) is 7.82. The summed E-state index contributed by atoms with van der Waals surface area (Å²) in [7, 11) is -3.60. The molecule has 0 saturated carbocycles. The number of carbonyl (C=O) groups is 1. The van der Waals surface area contributed by atoms with Crippen molar-refractivity contribution >= 4 is 21.6 Å². The maximum absolute atomic E-state index is 12.4. The first-order chi connectivity index (χ1) is 9.21. The van der Waals surface area contributed by atoms with Crippen molar-refractivity contribution in [3.8, 4) is 0 Å². The molecule has 2 aliphatic rings. The Morgan fingerprint density at radius 2 is 2.05 bits per heavy atom. The van der Waals surface area contributed by atoms with Gasteiger partial charge in [-0.15, -0.1) is 0 Å². The van der Waals surface area contributed by atoms with Crippen molar-refractivity contribution in [3.05, 3.63) is 23.8 Å². The lowest BCUT2D eigenvalue weighted by Gasteiger charge is -2.42. The van der Waals surface area contributed by atoms with E-state index in [4.69, 9.17) is 0 Å². The minimum absolute atomic E-state index is 0.0964. The molecule has 0 radical (unpaired) electrons. The van der Waals surface area contributed by atoms with Crippen LogP contribution in [-0.4, -0.2) is 42.4 Å². The number of carbonyl (C=O) groups excluding carboxylic acids is 1. The molecular formula is C13H16N2O4S. The van der Waals surface area contributed by atoms with Crippen LogP contribution in [0.5, 0.6) is 0 Å². The fourth-order valence-corrected chi connectivity index (χ4v) is 4.30. The van der Waals surface area contributed by atoms with Gasteiger partial charge in [-0.1, -0.05) is 0 Å². The standard InChI is InChI=1S/C13H16N2O4S/c1-8-10-5-9(3-4-11(10)14-12(8)16)20(18,19)15-6-13(2,17)7-15/h3-5,8,17H,6-7H2,1-2H3,(H,14,16). The van der Waals surface area contributed by atoms with Gasteiger partial charge in [0.25, 0.3) is 0 Å². The zero-order chi connectivity index (χ0) is 14.7. The van der Waals surface area contributed by atoms with Gasteiger partial charge >= 0.3 is 0 Å². The fourth-order valence-electron chi connectivity index (χ4n) is 2.59. The molecule has 1 unspecified atom stereocenters. The van der Waals surface area contributed by atoms with Crippen LogP contribution in [0.4, 0.5) is 5.69 Å². The molecule has 3 rings (SSSR count). The van der Waals surface area contributed by atoms with E-state index >= 15 is 0 Å². The van der Waals surface area contributed by atoms with E-state index in [9.17, 15) is 18.3 Å². The average Bonchev–Trinajstić information content (AvgIpc) is 2.62. The van der Waals surface area contributed by atoms with Gasteiger partial charge in [0.1, 0.15) is 0 Å². The Morgan fingerprint density at radius 1 is 1.40 bits per heavy atom. The van der Waals surface area contributed by atoms with Crippen molar-refractivity contribution in [3.63, 3.8) is 0 Å². The van der Waals surface area contributed by atoms with Gasteiger partial charge in [-0.3, -0.25) is 4.79 Å². The predicted molar refractivity (Wildman–Crippen MR) is 72.9 cm³/mol. The normalized spacial score (nSPS) is 24.9. The molecule has 1 saturated heterocycles. The Labute approximate surface area is 117 Å². The van der Waals surface area contributed by atoms with Crippen LogP contribution in [-0.2, 0) is 14.8 Å². The van der Waals surface area contributed by atoms with E-state index in [-0.39, 0.29) is 29.8 Å². The van der Waals surface area contributed by atoms with E-state index in [0.29, 0.717) is 11.3 Å². The highest BCUT2D eigenvalue weighted by molar-refractivity contribution is 7.89. The largest absolute Gasteiger partial charge is 0.387 e. The van der Waals surface area contributed by atoms with Crippen LogP contribution in [0.2, 0.25) is 0 Å². The third-order valence-corrected chi connectivity index (χ3v) is 5.60. The van der Waals surface area contributed by atoms with Crippen LogP contribution < -0.4 is 5.32 Å². The zero-order valence-electron chi connectivity index (χ0n) is 11.3. The summed E-state index contributed by atoms with van der Waals surface area (Å²) in [6, 6.07) is 4.64. The predicted octanol–water partition coefficient (Wildman–Crippen LogP) is 0.497. The summed E-state index contributed by atoms with van der Waals surface area (Å²) < 4.78 is 26.0. The molecule has 2 aliphatic heterocycles. The second-order valence-corrected chi connectivity index (χ2v) is 7.67. The third kappa shape index (κ3) is 1.93. The summed E-state index contributed by atoms with van der Waals surface area (Å²) in [6.07, 6.45) is 0. The van der Waals surface area contributed by atoms with Crippen molar-refractivity contribution in [2.45, 2.75) is 30.3 Å². The number of hydrogen-bond donors (Lipinski definition) is 2. The summed E-state index contributed by atoms with van der Waals surface area (Å²) in [5, 5.41) is 12.4. The van der Waals surface area contributed by atoms with E-state index in [0.717, 1.165) is 0 Å². The topological polar surface area (TPSA) is 86.7 Å². The van der Waals surface area contributed by atoms with Crippen molar-refractivity contribution < 1.29 is 18.3 Å². The van der Waals surface area contributed by atoms with Crippen LogP contribution >= 0.6 is 0 Å². The van der Waals surface area contributed by atoms with Crippen LogP contribution in [0.1, 0.15) is 25.3 Å². The van der Waals surface area contributed by atoms with E-state index < -0.39 is 15.6 Å². The van der Waals surface area contributed by atoms with E-state index in [1.807, 2.05) is 0 Å². The molecule has 2 heterocycles. The van der Waals surface area contributed by atoms with Gasteiger partial charge < -0.3 is 10.4 Å². The highest BCUT2D eigenvalue weighted by Gasteiger charge is 2.44. The highest BCUT2D eigenvalue weighted by atomic mass is 32.2. The second kappa shape index (κ2) is 4.03. The maximum Gasteiger partial charge on any atom is 0.243 e. The lowest BCUT2D eigenvalue weighted by molar-refractivity contribution is -0.116. The number of anilines is 1. The minimum Gasteiger partial charge on any atom is -0.387 e. The number of fused-ring (bicyclic) bond motifs is 1. The lowest BCUT2D eigenvalue weighted by Crippen LogP contribution is -2.61. The summed E-state index contributed by atoms with van der Waals surface area (Å²) in [4.78, 5) is 11.7. The fraction of sp³-hybridized carbons (Fsp3) is 0.462. The van der Waals surface area contributed by atoms with Gasteiger partial charge in [0.05, 0.1) is 16.4 Å². The van der Waals surface area contributed by atoms with Crippen molar-refractivity contribution in [2.24, 2.45) is 0 Å².